The lowest BCUT2D eigenvalue weighted by Crippen LogP contribution is -2.40. The molecule has 0 radical (unpaired) electrons. The zero-order chi connectivity index (χ0) is 14.8. The molecule has 20 heavy (non-hydrogen) atoms. The van der Waals surface area contributed by atoms with E-state index in [0.717, 1.165) is 0 Å². The maximum atomic E-state index is 12.4. The molecule has 1 amide bonds. The van der Waals surface area contributed by atoms with Gasteiger partial charge in [-0.05, 0) is 18.2 Å². The summed E-state index contributed by atoms with van der Waals surface area (Å²) in [5, 5.41) is 8.79. The van der Waals surface area contributed by atoms with Crippen LogP contribution < -0.4 is 0 Å². The summed E-state index contributed by atoms with van der Waals surface area (Å²) in [6.07, 6.45) is -3.08. The summed E-state index contributed by atoms with van der Waals surface area (Å²) >= 11 is 0. The van der Waals surface area contributed by atoms with E-state index in [1.807, 2.05) is 0 Å². The smallest absolute Gasteiger partial charge is 0.395 e. The number of aliphatic hydroxyl groups is 1. The SMILES string of the molecule is O=C(c1ccc2nc[nH]c2c1)N(CCO)CC(F)(F)F. The molecule has 0 unspecified atom stereocenters. The number of nitrogens with one attached hydrogen (secondary N) is 1. The average Bonchev–Trinajstić information content (AvgIpc) is 2.83. The van der Waals surface area contributed by atoms with Crippen LogP contribution >= 0.6 is 0 Å². The number of aliphatic hydroxyl groups excluding tert-OH is 1. The first-order valence-corrected chi connectivity index (χ1v) is 5.81. The number of hydrogen-bond acceptors (Lipinski definition) is 3. The van der Waals surface area contributed by atoms with E-state index in [1.54, 1.807) is 6.07 Å². The third kappa shape index (κ3) is 3.27. The predicted molar refractivity (Wildman–Crippen MR) is 65.1 cm³/mol. The van der Waals surface area contributed by atoms with Crippen molar-refractivity contribution in [1.29, 1.82) is 0 Å². The van der Waals surface area contributed by atoms with E-state index < -0.39 is 25.2 Å². The van der Waals surface area contributed by atoms with Gasteiger partial charge in [-0.25, -0.2) is 4.98 Å². The van der Waals surface area contributed by atoms with Crippen LogP contribution in [0.2, 0.25) is 0 Å². The highest BCUT2D eigenvalue weighted by Gasteiger charge is 2.33. The van der Waals surface area contributed by atoms with Gasteiger partial charge in [0.2, 0.25) is 0 Å². The summed E-state index contributed by atoms with van der Waals surface area (Å²) in [5.41, 5.74) is 1.29. The van der Waals surface area contributed by atoms with Crippen molar-refractivity contribution in [2.45, 2.75) is 6.18 Å². The van der Waals surface area contributed by atoms with Crippen LogP contribution in [0.5, 0.6) is 0 Å². The molecule has 0 aliphatic heterocycles. The Morgan fingerprint density at radius 3 is 2.80 bits per heavy atom. The van der Waals surface area contributed by atoms with E-state index in [2.05, 4.69) is 9.97 Å². The molecule has 0 spiro atoms. The van der Waals surface area contributed by atoms with Crippen molar-refractivity contribution >= 4 is 16.9 Å². The summed E-state index contributed by atoms with van der Waals surface area (Å²) in [6, 6.07) is 4.39. The first kappa shape index (κ1) is 14.3. The third-order valence-corrected chi connectivity index (χ3v) is 2.69. The van der Waals surface area contributed by atoms with Crippen LogP contribution in [-0.2, 0) is 0 Å². The topological polar surface area (TPSA) is 69.2 Å². The van der Waals surface area contributed by atoms with E-state index in [0.29, 0.717) is 15.9 Å². The number of aromatic amines is 1. The average molecular weight is 287 g/mol. The van der Waals surface area contributed by atoms with Gasteiger partial charge in [0.05, 0.1) is 24.0 Å². The second-order valence-electron chi connectivity index (χ2n) is 4.20. The Hall–Kier alpha value is -2.09. The highest BCUT2D eigenvalue weighted by Crippen LogP contribution is 2.19. The molecule has 1 aromatic heterocycles. The van der Waals surface area contributed by atoms with Crippen molar-refractivity contribution in [1.82, 2.24) is 14.9 Å². The van der Waals surface area contributed by atoms with E-state index in [9.17, 15) is 18.0 Å². The molecule has 0 saturated carbocycles. The van der Waals surface area contributed by atoms with Gasteiger partial charge >= 0.3 is 6.18 Å². The molecule has 2 aromatic rings. The minimum absolute atomic E-state index is 0.111. The van der Waals surface area contributed by atoms with Crippen LogP contribution in [0.4, 0.5) is 13.2 Å². The molecule has 1 aromatic carbocycles. The quantitative estimate of drug-likeness (QED) is 0.896. The lowest BCUT2D eigenvalue weighted by Gasteiger charge is -2.23. The Morgan fingerprint density at radius 1 is 1.40 bits per heavy atom. The molecule has 0 aliphatic carbocycles. The highest BCUT2D eigenvalue weighted by molar-refractivity contribution is 5.97. The van der Waals surface area contributed by atoms with Gasteiger partial charge in [-0.2, -0.15) is 13.2 Å². The Bertz CT molecular complexity index is 609. The second-order valence-corrected chi connectivity index (χ2v) is 4.20. The van der Waals surface area contributed by atoms with Crippen molar-refractivity contribution in [3.63, 3.8) is 0 Å². The zero-order valence-electron chi connectivity index (χ0n) is 10.3. The largest absolute Gasteiger partial charge is 0.406 e. The first-order valence-electron chi connectivity index (χ1n) is 5.81. The van der Waals surface area contributed by atoms with E-state index in [1.165, 1.54) is 18.5 Å². The van der Waals surface area contributed by atoms with Gasteiger partial charge in [0.15, 0.2) is 0 Å². The molecule has 0 atom stereocenters. The van der Waals surface area contributed by atoms with Crippen molar-refractivity contribution in [2.24, 2.45) is 0 Å². The summed E-state index contributed by atoms with van der Waals surface area (Å²) in [7, 11) is 0. The first-order chi connectivity index (χ1) is 9.40. The Labute approximate surface area is 112 Å². The van der Waals surface area contributed by atoms with Gasteiger partial charge in [-0.15, -0.1) is 0 Å². The molecule has 2 rings (SSSR count). The number of H-pyrrole nitrogens is 1. The summed E-state index contributed by atoms with van der Waals surface area (Å²) in [6.45, 7) is -2.30. The molecule has 108 valence electrons. The normalized spacial score (nSPS) is 11.8. The number of halogens is 3. The highest BCUT2D eigenvalue weighted by atomic mass is 19.4. The summed E-state index contributed by atoms with van der Waals surface area (Å²) < 4.78 is 37.3. The minimum Gasteiger partial charge on any atom is -0.395 e. The van der Waals surface area contributed by atoms with Gasteiger partial charge in [0.1, 0.15) is 6.54 Å². The van der Waals surface area contributed by atoms with E-state index in [4.69, 9.17) is 5.11 Å². The van der Waals surface area contributed by atoms with Gasteiger partial charge < -0.3 is 15.0 Å². The van der Waals surface area contributed by atoms with Crippen LogP contribution in [0.3, 0.4) is 0 Å². The molecule has 2 N–H and O–H groups in total. The van der Waals surface area contributed by atoms with Crippen LogP contribution in [0, 0.1) is 0 Å². The lowest BCUT2D eigenvalue weighted by atomic mass is 10.1. The molecule has 8 heteroatoms. The van der Waals surface area contributed by atoms with Gasteiger partial charge in [-0.1, -0.05) is 0 Å². The number of fused-ring (bicyclic) bond motifs is 1. The number of carbonyl (C=O) groups excluding carboxylic acids is 1. The Balaban J connectivity index is 2.25. The summed E-state index contributed by atoms with van der Waals surface area (Å²) in [5.74, 6) is -0.784. The maximum absolute atomic E-state index is 12.4. The predicted octanol–water partition coefficient (Wildman–Crippen LogP) is 1.56. The number of hydrogen-bond donors (Lipinski definition) is 2. The Morgan fingerprint density at radius 2 is 2.15 bits per heavy atom. The molecule has 1 heterocycles. The number of alkyl halides is 3. The van der Waals surface area contributed by atoms with Crippen LogP contribution in [-0.4, -0.2) is 51.8 Å². The molecule has 0 fully saturated rings. The molecule has 0 bridgehead atoms. The fraction of sp³-hybridized carbons (Fsp3) is 0.333. The standard InChI is InChI=1S/C12H12F3N3O2/c13-12(14,15)6-18(3-4-19)11(20)8-1-2-9-10(5-8)17-7-16-9/h1-2,5,7,19H,3-4,6H2,(H,16,17). The number of rotatable bonds is 4. The molecule has 0 aliphatic rings. The van der Waals surface area contributed by atoms with Crippen molar-refractivity contribution in [3.8, 4) is 0 Å². The van der Waals surface area contributed by atoms with Crippen LogP contribution in [0.25, 0.3) is 11.0 Å². The Kier molecular flexibility index (Phi) is 3.93. The third-order valence-electron chi connectivity index (χ3n) is 2.69. The van der Waals surface area contributed by atoms with Gasteiger partial charge in [0.25, 0.3) is 5.91 Å². The number of benzene rings is 1. The fourth-order valence-corrected chi connectivity index (χ4v) is 1.84. The summed E-state index contributed by atoms with van der Waals surface area (Å²) in [4.78, 5) is 19.4. The maximum Gasteiger partial charge on any atom is 0.406 e. The lowest BCUT2D eigenvalue weighted by molar-refractivity contribution is -0.141. The molecular weight excluding hydrogens is 275 g/mol. The van der Waals surface area contributed by atoms with Gasteiger partial charge in [0, 0.05) is 12.1 Å². The second kappa shape index (κ2) is 5.49. The van der Waals surface area contributed by atoms with Crippen LogP contribution in [0.1, 0.15) is 10.4 Å². The number of imidazole rings is 1. The monoisotopic (exact) mass is 287 g/mol. The molecule has 5 nitrogen and oxygen atoms in total. The van der Waals surface area contributed by atoms with E-state index in [-0.39, 0.29) is 12.1 Å². The van der Waals surface area contributed by atoms with Crippen molar-refractivity contribution in [2.75, 3.05) is 19.7 Å². The number of nitrogens with zero attached hydrogens (tertiary/aromatic N) is 2. The zero-order valence-corrected chi connectivity index (χ0v) is 10.3. The van der Waals surface area contributed by atoms with Crippen LogP contribution in [0.15, 0.2) is 24.5 Å². The van der Waals surface area contributed by atoms with E-state index >= 15 is 0 Å². The number of amides is 1. The minimum atomic E-state index is -4.51. The van der Waals surface area contributed by atoms with Crippen molar-refractivity contribution < 1.29 is 23.1 Å². The van der Waals surface area contributed by atoms with Crippen molar-refractivity contribution in [3.05, 3.63) is 30.1 Å². The van der Waals surface area contributed by atoms with Gasteiger partial charge in [-0.3, -0.25) is 4.79 Å². The fourth-order valence-electron chi connectivity index (χ4n) is 1.84. The molecule has 0 saturated heterocycles. The molecular formula is C12H12F3N3O2. The number of aromatic nitrogens is 2. The number of carbonyl (C=O) groups is 1.